The number of rotatable bonds is 4. The Morgan fingerprint density at radius 1 is 1.25 bits per heavy atom. The topological polar surface area (TPSA) is 59.3 Å². The SMILES string of the molecule is CCC(C)c1ccccc1-n1cc(C(=O)O)ccc1=O. The summed E-state index contributed by atoms with van der Waals surface area (Å²) in [7, 11) is 0. The van der Waals surface area contributed by atoms with Gasteiger partial charge in [0.1, 0.15) is 0 Å². The standard InChI is InChI=1S/C16H17NO3/c1-3-11(2)13-6-4-5-7-14(13)17-10-12(16(19)20)8-9-15(17)18/h4-11H,3H2,1-2H3,(H,19,20). The predicted molar refractivity (Wildman–Crippen MR) is 77.7 cm³/mol. The van der Waals surface area contributed by atoms with Crippen molar-refractivity contribution in [1.29, 1.82) is 0 Å². The van der Waals surface area contributed by atoms with E-state index in [0.717, 1.165) is 17.7 Å². The highest BCUT2D eigenvalue weighted by Gasteiger charge is 2.12. The average Bonchev–Trinajstić information content (AvgIpc) is 2.46. The molecule has 0 saturated carbocycles. The minimum absolute atomic E-state index is 0.101. The third-order valence-corrected chi connectivity index (χ3v) is 3.50. The number of carbonyl (C=O) groups is 1. The van der Waals surface area contributed by atoms with Gasteiger partial charge in [-0.1, -0.05) is 32.0 Å². The van der Waals surface area contributed by atoms with Crippen LogP contribution in [0.1, 0.15) is 42.1 Å². The van der Waals surface area contributed by atoms with Crippen molar-refractivity contribution >= 4 is 5.97 Å². The molecule has 1 atom stereocenters. The van der Waals surface area contributed by atoms with Gasteiger partial charge < -0.3 is 5.11 Å². The zero-order valence-electron chi connectivity index (χ0n) is 11.5. The van der Waals surface area contributed by atoms with Gasteiger partial charge in [0.05, 0.1) is 11.3 Å². The highest BCUT2D eigenvalue weighted by atomic mass is 16.4. The van der Waals surface area contributed by atoms with Crippen LogP contribution in [0.15, 0.2) is 47.4 Å². The van der Waals surface area contributed by atoms with E-state index >= 15 is 0 Å². The van der Waals surface area contributed by atoms with Gasteiger partial charge in [0.15, 0.2) is 0 Å². The van der Waals surface area contributed by atoms with E-state index in [9.17, 15) is 9.59 Å². The number of hydrogen-bond acceptors (Lipinski definition) is 2. The zero-order chi connectivity index (χ0) is 14.7. The lowest BCUT2D eigenvalue weighted by Crippen LogP contribution is -2.20. The summed E-state index contributed by atoms with van der Waals surface area (Å²) in [6, 6.07) is 10.2. The molecule has 1 heterocycles. The molecule has 0 aliphatic rings. The molecule has 0 bridgehead atoms. The maximum atomic E-state index is 12.0. The highest BCUT2D eigenvalue weighted by Crippen LogP contribution is 2.24. The van der Waals surface area contributed by atoms with Crippen molar-refractivity contribution in [1.82, 2.24) is 4.57 Å². The smallest absolute Gasteiger partial charge is 0.337 e. The Morgan fingerprint density at radius 3 is 2.60 bits per heavy atom. The number of pyridine rings is 1. The van der Waals surface area contributed by atoms with Crippen molar-refractivity contribution in [2.45, 2.75) is 26.2 Å². The molecule has 0 aliphatic heterocycles. The first-order valence-electron chi connectivity index (χ1n) is 6.60. The number of hydrogen-bond donors (Lipinski definition) is 1. The fourth-order valence-corrected chi connectivity index (χ4v) is 2.15. The van der Waals surface area contributed by atoms with Gasteiger partial charge in [-0.25, -0.2) is 4.79 Å². The first-order chi connectivity index (χ1) is 9.54. The normalized spacial score (nSPS) is 12.1. The van der Waals surface area contributed by atoms with E-state index in [2.05, 4.69) is 13.8 Å². The third-order valence-electron chi connectivity index (χ3n) is 3.50. The molecule has 104 valence electrons. The van der Waals surface area contributed by atoms with Crippen molar-refractivity contribution in [3.63, 3.8) is 0 Å². The van der Waals surface area contributed by atoms with Crippen molar-refractivity contribution in [2.75, 3.05) is 0 Å². The molecule has 0 radical (unpaired) electrons. The lowest BCUT2D eigenvalue weighted by molar-refractivity contribution is 0.0696. The van der Waals surface area contributed by atoms with Gasteiger partial charge in [-0.05, 0) is 30.0 Å². The second-order valence-electron chi connectivity index (χ2n) is 4.80. The molecule has 1 aromatic heterocycles. The lowest BCUT2D eigenvalue weighted by Gasteiger charge is -2.16. The molecule has 2 aromatic rings. The summed E-state index contributed by atoms with van der Waals surface area (Å²) in [5.41, 5.74) is 1.66. The first-order valence-corrected chi connectivity index (χ1v) is 6.60. The van der Waals surface area contributed by atoms with Crippen LogP contribution >= 0.6 is 0 Å². The molecular weight excluding hydrogens is 254 g/mol. The summed E-state index contributed by atoms with van der Waals surface area (Å²) in [5.74, 6) is -0.744. The number of carboxylic acid groups (broad SMARTS) is 1. The summed E-state index contributed by atoms with van der Waals surface area (Å²) in [6.07, 6.45) is 2.33. The van der Waals surface area contributed by atoms with E-state index in [0.29, 0.717) is 5.92 Å². The molecule has 0 spiro atoms. The van der Waals surface area contributed by atoms with E-state index in [1.165, 1.54) is 22.9 Å². The van der Waals surface area contributed by atoms with E-state index < -0.39 is 5.97 Å². The van der Waals surface area contributed by atoms with Crippen LogP contribution in [0.3, 0.4) is 0 Å². The molecule has 4 nitrogen and oxygen atoms in total. The van der Waals surface area contributed by atoms with Crippen LogP contribution in [0.2, 0.25) is 0 Å². The molecule has 2 rings (SSSR count). The van der Waals surface area contributed by atoms with Crippen molar-refractivity contribution < 1.29 is 9.90 Å². The van der Waals surface area contributed by atoms with Crippen molar-refractivity contribution in [3.05, 3.63) is 64.1 Å². The van der Waals surface area contributed by atoms with Crippen LogP contribution in [0.4, 0.5) is 0 Å². The molecule has 1 unspecified atom stereocenters. The van der Waals surface area contributed by atoms with Gasteiger partial charge in [-0.3, -0.25) is 9.36 Å². The van der Waals surface area contributed by atoms with Gasteiger partial charge in [0, 0.05) is 12.3 Å². The molecular formula is C16H17NO3. The van der Waals surface area contributed by atoms with Crippen molar-refractivity contribution in [3.8, 4) is 5.69 Å². The monoisotopic (exact) mass is 271 g/mol. The minimum atomic E-state index is -1.04. The number of para-hydroxylation sites is 1. The fourth-order valence-electron chi connectivity index (χ4n) is 2.15. The number of carboxylic acids is 1. The van der Waals surface area contributed by atoms with Crippen LogP contribution in [0.5, 0.6) is 0 Å². The second kappa shape index (κ2) is 5.74. The van der Waals surface area contributed by atoms with Gasteiger partial charge in [-0.15, -0.1) is 0 Å². The molecule has 20 heavy (non-hydrogen) atoms. The summed E-state index contributed by atoms with van der Waals surface area (Å²) in [5, 5.41) is 9.06. The van der Waals surface area contributed by atoms with E-state index in [1.807, 2.05) is 24.3 Å². The summed E-state index contributed by atoms with van der Waals surface area (Å²) >= 11 is 0. The van der Waals surface area contributed by atoms with Gasteiger partial charge >= 0.3 is 5.97 Å². The van der Waals surface area contributed by atoms with Gasteiger partial charge in [0.25, 0.3) is 5.56 Å². The lowest BCUT2D eigenvalue weighted by atomic mass is 9.96. The van der Waals surface area contributed by atoms with Crippen LogP contribution < -0.4 is 5.56 Å². The fraction of sp³-hybridized carbons (Fsp3) is 0.250. The number of aromatic nitrogens is 1. The van der Waals surface area contributed by atoms with Crippen LogP contribution in [-0.2, 0) is 0 Å². The van der Waals surface area contributed by atoms with Gasteiger partial charge in [-0.2, -0.15) is 0 Å². The van der Waals surface area contributed by atoms with Crippen molar-refractivity contribution in [2.24, 2.45) is 0 Å². The van der Waals surface area contributed by atoms with E-state index in [-0.39, 0.29) is 11.1 Å². The molecule has 0 amide bonds. The quantitative estimate of drug-likeness (QED) is 0.929. The Morgan fingerprint density at radius 2 is 1.95 bits per heavy atom. The largest absolute Gasteiger partial charge is 0.478 e. The first kappa shape index (κ1) is 14.1. The predicted octanol–water partition coefficient (Wildman–Crippen LogP) is 3.05. The Hall–Kier alpha value is -2.36. The molecule has 1 aromatic carbocycles. The molecule has 4 heteroatoms. The summed E-state index contributed by atoms with van der Waals surface area (Å²) in [4.78, 5) is 23.1. The Balaban J connectivity index is 2.65. The van der Waals surface area contributed by atoms with Gasteiger partial charge in [0.2, 0.25) is 0 Å². The van der Waals surface area contributed by atoms with E-state index in [4.69, 9.17) is 5.11 Å². The summed E-state index contributed by atoms with van der Waals surface area (Å²) in [6.45, 7) is 4.17. The Bertz CT molecular complexity index is 688. The minimum Gasteiger partial charge on any atom is -0.478 e. The highest BCUT2D eigenvalue weighted by molar-refractivity contribution is 5.87. The molecule has 0 fully saturated rings. The molecule has 0 aliphatic carbocycles. The second-order valence-corrected chi connectivity index (χ2v) is 4.80. The number of aromatic carboxylic acids is 1. The Kier molecular flexibility index (Phi) is 4.03. The number of benzene rings is 1. The maximum absolute atomic E-state index is 12.0. The molecule has 1 N–H and O–H groups in total. The zero-order valence-corrected chi connectivity index (χ0v) is 11.5. The maximum Gasteiger partial charge on any atom is 0.337 e. The van der Waals surface area contributed by atoms with E-state index in [1.54, 1.807) is 0 Å². The average molecular weight is 271 g/mol. The van der Waals surface area contributed by atoms with Crippen LogP contribution in [0, 0.1) is 0 Å². The number of nitrogens with zero attached hydrogens (tertiary/aromatic N) is 1. The van der Waals surface area contributed by atoms with Crippen LogP contribution in [-0.4, -0.2) is 15.6 Å². The Labute approximate surface area is 117 Å². The third kappa shape index (κ3) is 2.64. The van der Waals surface area contributed by atoms with Crippen LogP contribution in [0.25, 0.3) is 5.69 Å². The molecule has 0 saturated heterocycles. The summed E-state index contributed by atoms with van der Waals surface area (Å²) < 4.78 is 1.41.